The van der Waals surface area contributed by atoms with Crippen LogP contribution in [0.4, 0.5) is 5.69 Å². The number of carbonyl (C=O) groups is 1. The summed E-state index contributed by atoms with van der Waals surface area (Å²) in [7, 11) is -3.79. The Labute approximate surface area is 160 Å². The highest BCUT2D eigenvalue weighted by Crippen LogP contribution is 2.20. The maximum absolute atomic E-state index is 12.9. The number of benzene rings is 2. The van der Waals surface area contributed by atoms with Crippen LogP contribution in [0, 0.1) is 6.92 Å². The molecule has 3 rings (SSSR count). The average molecular weight is 388 g/mol. The highest BCUT2D eigenvalue weighted by Gasteiger charge is 2.29. The Morgan fingerprint density at radius 3 is 2.63 bits per heavy atom. The summed E-state index contributed by atoms with van der Waals surface area (Å²) in [4.78, 5) is 14.7. The lowest BCUT2D eigenvalue weighted by Gasteiger charge is -2.36. The number of aryl methyl sites for hydroxylation is 1. The molecule has 144 valence electrons. The predicted molar refractivity (Wildman–Crippen MR) is 104 cm³/mol. The number of nitrogens with zero attached hydrogens (tertiary/aromatic N) is 1. The number of amides is 1. The van der Waals surface area contributed by atoms with Crippen molar-refractivity contribution in [1.82, 2.24) is 4.90 Å². The molecule has 0 bridgehead atoms. The zero-order chi connectivity index (χ0) is 19.6. The van der Waals surface area contributed by atoms with Gasteiger partial charge < -0.3 is 9.64 Å². The molecule has 6 nitrogen and oxygen atoms in total. The van der Waals surface area contributed by atoms with Crippen LogP contribution in [0.2, 0.25) is 0 Å². The minimum atomic E-state index is -3.79. The standard InChI is InChI=1S/C20H24N2O4S/c1-14-6-4-8-18(10-14)21-27(24,25)19-9-5-7-17(11-19)20(23)22-12-16(3)26-13-15(22)2/h4-11,15-16,21H,12-13H2,1-3H3. The minimum Gasteiger partial charge on any atom is -0.375 e. The van der Waals surface area contributed by atoms with Crippen LogP contribution in [0.5, 0.6) is 0 Å². The summed E-state index contributed by atoms with van der Waals surface area (Å²) in [6.07, 6.45) is -0.0416. The van der Waals surface area contributed by atoms with Crippen molar-refractivity contribution in [2.45, 2.75) is 37.8 Å². The lowest BCUT2D eigenvalue weighted by atomic mass is 10.1. The first kappa shape index (κ1) is 19.4. The van der Waals surface area contributed by atoms with E-state index in [0.29, 0.717) is 24.4 Å². The average Bonchev–Trinajstić information content (AvgIpc) is 2.63. The van der Waals surface area contributed by atoms with Crippen molar-refractivity contribution in [3.63, 3.8) is 0 Å². The Hall–Kier alpha value is -2.38. The predicted octanol–water partition coefficient (Wildman–Crippen LogP) is 3.05. The van der Waals surface area contributed by atoms with Gasteiger partial charge in [-0.15, -0.1) is 0 Å². The Morgan fingerprint density at radius 2 is 1.89 bits per heavy atom. The van der Waals surface area contributed by atoms with Crippen LogP contribution in [0.25, 0.3) is 0 Å². The summed E-state index contributed by atoms with van der Waals surface area (Å²) in [5.74, 6) is -0.190. The molecular weight excluding hydrogens is 364 g/mol. The van der Waals surface area contributed by atoms with Crippen LogP contribution >= 0.6 is 0 Å². The van der Waals surface area contributed by atoms with E-state index < -0.39 is 10.0 Å². The van der Waals surface area contributed by atoms with E-state index in [4.69, 9.17) is 4.74 Å². The van der Waals surface area contributed by atoms with Crippen LogP contribution in [0.15, 0.2) is 53.4 Å². The van der Waals surface area contributed by atoms with Gasteiger partial charge in [-0.05, 0) is 56.7 Å². The fourth-order valence-corrected chi connectivity index (χ4v) is 4.17. The van der Waals surface area contributed by atoms with Gasteiger partial charge in [-0.1, -0.05) is 18.2 Å². The highest BCUT2D eigenvalue weighted by molar-refractivity contribution is 7.92. The van der Waals surface area contributed by atoms with Gasteiger partial charge in [0.25, 0.3) is 15.9 Å². The van der Waals surface area contributed by atoms with E-state index in [2.05, 4.69) is 4.72 Å². The van der Waals surface area contributed by atoms with Crippen molar-refractivity contribution >= 4 is 21.6 Å². The molecule has 2 aromatic rings. The van der Waals surface area contributed by atoms with E-state index in [1.54, 1.807) is 35.2 Å². The molecule has 0 aliphatic carbocycles. The molecule has 1 heterocycles. The van der Waals surface area contributed by atoms with Crippen LogP contribution in [-0.2, 0) is 14.8 Å². The molecular formula is C20H24N2O4S. The van der Waals surface area contributed by atoms with E-state index in [9.17, 15) is 13.2 Å². The third-order valence-electron chi connectivity index (χ3n) is 4.53. The molecule has 1 aliphatic heterocycles. The van der Waals surface area contributed by atoms with E-state index in [1.165, 1.54) is 12.1 Å². The van der Waals surface area contributed by atoms with E-state index in [0.717, 1.165) is 5.56 Å². The third kappa shape index (κ3) is 4.48. The normalized spacial score (nSPS) is 20.3. The number of hydrogen-bond donors (Lipinski definition) is 1. The molecule has 1 N–H and O–H groups in total. The van der Waals surface area contributed by atoms with Crippen LogP contribution in [0.3, 0.4) is 0 Å². The SMILES string of the molecule is Cc1cccc(NS(=O)(=O)c2cccc(C(=O)N3CC(C)OCC3C)c2)c1. The van der Waals surface area contributed by atoms with Gasteiger partial charge in [0.05, 0.1) is 23.6 Å². The number of nitrogens with one attached hydrogen (secondary N) is 1. The van der Waals surface area contributed by atoms with Gasteiger partial charge in [0.15, 0.2) is 0 Å². The van der Waals surface area contributed by atoms with E-state index in [-0.39, 0.29) is 22.9 Å². The fourth-order valence-electron chi connectivity index (χ4n) is 3.07. The zero-order valence-electron chi connectivity index (χ0n) is 15.7. The first-order valence-electron chi connectivity index (χ1n) is 8.88. The molecule has 0 saturated carbocycles. The zero-order valence-corrected chi connectivity index (χ0v) is 16.5. The summed E-state index contributed by atoms with van der Waals surface area (Å²) in [6.45, 7) is 6.68. The number of anilines is 1. The van der Waals surface area contributed by atoms with Crippen molar-refractivity contribution < 1.29 is 17.9 Å². The van der Waals surface area contributed by atoms with Crippen molar-refractivity contribution in [2.24, 2.45) is 0 Å². The van der Waals surface area contributed by atoms with Gasteiger partial charge in [-0.2, -0.15) is 0 Å². The second-order valence-electron chi connectivity index (χ2n) is 6.95. The number of sulfonamides is 1. The lowest BCUT2D eigenvalue weighted by molar-refractivity contribution is -0.0387. The Kier molecular flexibility index (Phi) is 5.53. The minimum absolute atomic E-state index is 0.0416. The summed E-state index contributed by atoms with van der Waals surface area (Å²) in [5.41, 5.74) is 1.79. The second-order valence-corrected chi connectivity index (χ2v) is 8.64. The lowest BCUT2D eigenvalue weighted by Crippen LogP contribution is -2.50. The maximum Gasteiger partial charge on any atom is 0.261 e. The number of ether oxygens (including phenoxy) is 1. The molecule has 0 spiro atoms. The van der Waals surface area contributed by atoms with Gasteiger partial charge in [-0.3, -0.25) is 9.52 Å². The fraction of sp³-hybridized carbons (Fsp3) is 0.350. The molecule has 27 heavy (non-hydrogen) atoms. The number of rotatable bonds is 4. The molecule has 2 atom stereocenters. The molecule has 1 amide bonds. The summed E-state index contributed by atoms with van der Waals surface area (Å²) >= 11 is 0. The van der Waals surface area contributed by atoms with Gasteiger partial charge in [0.2, 0.25) is 0 Å². The molecule has 1 saturated heterocycles. The van der Waals surface area contributed by atoms with Crippen molar-refractivity contribution in [1.29, 1.82) is 0 Å². The molecule has 1 fully saturated rings. The first-order chi connectivity index (χ1) is 12.8. The summed E-state index contributed by atoms with van der Waals surface area (Å²) in [5, 5.41) is 0. The highest BCUT2D eigenvalue weighted by atomic mass is 32.2. The number of carbonyl (C=O) groups excluding carboxylic acids is 1. The topological polar surface area (TPSA) is 75.7 Å². The molecule has 2 unspecified atom stereocenters. The monoisotopic (exact) mass is 388 g/mol. The molecule has 1 aliphatic rings. The molecule has 0 aromatic heterocycles. The van der Waals surface area contributed by atoms with E-state index in [1.807, 2.05) is 26.8 Å². The van der Waals surface area contributed by atoms with Crippen LogP contribution < -0.4 is 4.72 Å². The van der Waals surface area contributed by atoms with Gasteiger partial charge in [0.1, 0.15) is 0 Å². The Balaban J connectivity index is 1.85. The van der Waals surface area contributed by atoms with E-state index >= 15 is 0 Å². The Bertz CT molecular complexity index is 943. The van der Waals surface area contributed by atoms with Crippen LogP contribution in [0.1, 0.15) is 29.8 Å². The molecule has 2 aromatic carbocycles. The third-order valence-corrected chi connectivity index (χ3v) is 5.91. The largest absolute Gasteiger partial charge is 0.375 e. The van der Waals surface area contributed by atoms with Crippen molar-refractivity contribution in [3.8, 4) is 0 Å². The van der Waals surface area contributed by atoms with Gasteiger partial charge >= 0.3 is 0 Å². The van der Waals surface area contributed by atoms with Crippen LogP contribution in [-0.4, -0.2) is 44.5 Å². The van der Waals surface area contributed by atoms with Gasteiger partial charge in [-0.25, -0.2) is 8.42 Å². The molecule has 7 heteroatoms. The van der Waals surface area contributed by atoms with Crippen molar-refractivity contribution in [2.75, 3.05) is 17.9 Å². The second kappa shape index (κ2) is 7.70. The Morgan fingerprint density at radius 1 is 1.15 bits per heavy atom. The summed E-state index contributed by atoms with van der Waals surface area (Å²) in [6, 6.07) is 13.2. The number of morpholine rings is 1. The molecule has 0 radical (unpaired) electrons. The smallest absolute Gasteiger partial charge is 0.261 e. The summed E-state index contributed by atoms with van der Waals surface area (Å²) < 4.78 is 33.6. The van der Waals surface area contributed by atoms with Gasteiger partial charge in [0, 0.05) is 17.8 Å². The number of hydrogen-bond acceptors (Lipinski definition) is 4. The van der Waals surface area contributed by atoms with Crippen molar-refractivity contribution in [3.05, 3.63) is 59.7 Å². The first-order valence-corrected chi connectivity index (χ1v) is 10.4. The quantitative estimate of drug-likeness (QED) is 0.873. The maximum atomic E-state index is 12.9.